The summed E-state index contributed by atoms with van der Waals surface area (Å²) in [5.74, 6) is 1.14. The van der Waals surface area contributed by atoms with Gasteiger partial charge in [0.05, 0.1) is 12.6 Å². The van der Waals surface area contributed by atoms with Crippen molar-refractivity contribution in [1.82, 2.24) is 9.80 Å². The van der Waals surface area contributed by atoms with Gasteiger partial charge in [-0.3, -0.25) is 0 Å². The zero-order valence-corrected chi connectivity index (χ0v) is 13.5. The molecule has 0 spiro atoms. The van der Waals surface area contributed by atoms with Crippen LogP contribution in [0.2, 0.25) is 0 Å². The predicted molar refractivity (Wildman–Crippen MR) is 86.9 cm³/mol. The van der Waals surface area contributed by atoms with Crippen LogP contribution in [0.3, 0.4) is 0 Å². The molecule has 0 aromatic carbocycles. The van der Waals surface area contributed by atoms with E-state index in [2.05, 4.69) is 36.2 Å². The zero-order valence-electron chi connectivity index (χ0n) is 13.5. The third kappa shape index (κ3) is 13.5. The first-order valence-electron chi connectivity index (χ1n) is 7.98. The molecule has 120 valence electrons. The fourth-order valence-electron chi connectivity index (χ4n) is 2.18. The minimum Gasteiger partial charge on any atom is -0.415 e. The fourth-order valence-corrected chi connectivity index (χ4v) is 2.18. The first-order chi connectivity index (χ1) is 10.1. The van der Waals surface area contributed by atoms with Gasteiger partial charge < -0.3 is 19.8 Å². The summed E-state index contributed by atoms with van der Waals surface area (Å²) in [7, 11) is 0.319. The lowest BCUT2D eigenvalue weighted by atomic mass is 9.97. The minimum absolute atomic E-state index is 1.08. The summed E-state index contributed by atoms with van der Waals surface area (Å²) < 4.78 is 0. The highest BCUT2D eigenvalue weighted by Gasteiger charge is 2.06. The van der Waals surface area contributed by atoms with Crippen molar-refractivity contribution in [3.8, 4) is 5.97 Å². The van der Waals surface area contributed by atoms with E-state index in [0.717, 1.165) is 12.6 Å². The second-order valence-electron chi connectivity index (χ2n) is 5.49. The molecule has 1 aliphatic heterocycles. The summed E-state index contributed by atoms with van der Waals surface area (Å²) in [5, 5.41) is 22.5. The number of nitriles is 1. The molecule has 0 aromatic heterocycles. The van der Waals surface area contributed by atoms with Gasteiger partial charge in [0, 0.05) is 26.0 Å². The first-order valence-corrected chi connectivity index (χ1v) is 7.98. The van der Waals surface area contributed by atoms with Crippen molar-refractivity contribution in [2.45, 2.75) is 58.3 Å². The van der Waals surface area contributed by atoms with Crippen LogP contribution < -0.4 is 0 Å². The molecule has 21 heavy (non-hydrogen) atoms. The molecular weight excluding hydrogens is 265 g/mol. The van der Waals surface area contributed by atoms with Crippen molar-refractivity contribution >= 4 is 7.12 Å². The van der Waals surface area contributed by atoms with Crippen LogP contribution in [0.25, 0.3) is 0 Å². The molecule has 0 radical (unpaired) electrons. The minimum atomic E-state index is -1.81. The fraction of sp³-hybridized carbons (Fsp3) is 0.800. The van der Waals surface area contributed by atoms with Crippen LogP contribution >= 0.6 is 0 Å². The third-order valence-corrected chi connectivity index (χ3v) is 3.35. The maximum absolute atomic E-state index is 7.56. The van der Waals surface area contributed by atoms with Crippen LogP contribution in [-0.2, 0) is 0 Å². The van der Waals surface area contributed by atoms with E-state index in [1.165, 1.54) is 57.9 Å². The molecule has 0 saturated carbocycles. The Morgan fingerprint density at radius 1 is 1.05 bits per heavy atom. The smallest absolute Gasteiger partial charge is 0.415 e. The molecule has 1 heterocycles. The molecule has 6 heteroatoms. The van der Waals surface area contributed by atoms with Gasteiger partial charge in [-0.1, -0.05) is 51.9 Å². The number of hydrogen-bond donors (Lipinski definition) is 2. The Morgan fingerprint density at radius 2 is 1.57 bits per heavy atom. The molecule has 2 N–H and O–H groups in total. The van der Waals surface area contributed by atoms with Crippen LogP contribution in [0, 0.1) is 11.2 Å². The largest absolute Gasteiger partial charge is 0.573 e. The van der Waals surface area contributed by atoms with Crippen molar-refractivity contribution < 1.29 is 10.0 Å². The standard InChI is InChI=1S/C14H28N2.CH2BNO2/c1-3-4-5-6-7-8-9-10-11-16-13-12-15(2)14-16;3-1-2(4)5/h12-13H,3-11,14H2,1-2H3;4-5H. The highest BCUT2D eigenvalue weighted by molar-refractivity contribution is 6.50. The molecule has 0 fully saturated rings. The van der Waals surface area contributed by atoms with Gasteiger partial charge in [0.25, 0.3) is 0 Å². The second-order valence-corrected chi connectivity index (χ2v) is 5.49. The van der Waals surface area contributed by atoms with Gasteiger partial charge in [0.1, 0.15) is 0 Å². The lowest BCUT2D eigenvalue weighted by Gasteiger charge is -2.17. The highest BCUT2D eigenvalue weighted by atomic mass is 16.4. The van der Waals surface area contributed by atoms with E-state index in [9.17, 15) is 0 Å². The Balaban J connectivity index is 0.000000690. The average molecular weight is 295 g/mol. The molecule has 1 rings (SSSR count). The summed E-state index contributed by atoms with van der Waals surface area (Å²) in [6.45, 7) is 4.59. The highest BCUT2D eigenvalue weighted by Crippen LogP contribution is 2.10. The van der Waals surface area contributed by atoms with Gasteiger partial charge in [-0.15, -0.1) is 0 Å². The Hall–Kier alpha value is -1.19. The van der Waals surface area contributed by atoms with E-state index in [-0.39, 0.29) is 0 Å². The van der Waals surface area contributed by atoms with E-state index in [1.807, 2.05) is 0 Å². The normalized spacial score (nSPS) is 12.9. The summed E-state index contributed by atoms with van der Waals surface area (Å²) in [5.41, 5.74) is 0. The van der Waals surface area contributed by atoms with Crippen molar-refractivity contribution in [2.24, 2.45) is 0 Å². The molecule has 1 aliphatic rings. The number of hydrogen-bond acceptors (Lipinski definition) is 5. The Labute approximate surface area is 130 Å². The van der Waals surface area contributed by atoms with Crippen LogP contribution in [0.5, 0.6) is 0 Å². The Kier molecular flexibility index (Phi) is 13.0. The van der Waals surface area contributed by atoms with Crippen molar-refractivity contribution in [3.63, 3.8) is 0 Å². The van der Waals surface area contributed by atoms with Gasteiger partial charge in [0.15, 0.2) is 0 Å². The molecule has 0 aliphatic carbocycles. The van der Waals surface area contributed by atoms with E-state index < -0.39 is 7.12 Å². The quantitative estimate of drug-likeness (QED) is 0.504. The first kappa shape index (κ1) is 19.8. The van der Waals surface area contributed by atoms with Crippen LogP contribution in [0.1, 0.15) is 58.3 Å². The summed E-state index contributed by atoms with van der Waals surface area (Å²) in [6, 6.07) is 0. The topological polar surface area (TPSA) is 70.7 Å². The molecule has 5 nitrogen and oxygen atoms in total. The molecule has 0 saturated heterocycles. The molecule has 0 aromatic rings. The third-order valence-electron chi connectivity index (χ3n) is 3.35. The summed E-state index contributed by atoms with van der Waals surface area (Å²) in [6.07, 6.45) is 15.7. The van der Waals surface area contributed by atoms with E-state index >= 15 is 0 Å². The Morgan fingerprint density at radius 3 is 2.00 bits per heavy atom. The van der Waals surface area contributed by atoms with Crippen molar-refractivity contribution in [3.05, 3.63) is 12.4 Å². The molecule has 0 amide bonds. The number of nitrogens with zero attached hydrogens (tertiary/aromatic N) is 3. The van der Waals surface area contributed by atoms with E-state index in [0.29, 0.717) is 0 Å². The molecule has 0 bridgehead atoms. The van der Waals surface area contributed by atoms with Crippen LogP contribution in [0.4, 0.5) is 0 Å². The zero-order chi connectivity index (χ0) is 15.9. The SMILES string of the molecule is CCCCCCCCCCN1C=CN(C)C1.N#CB(O)O. The van der Waals surface area contributed by atoms with Crippen molar-refractivity contribution in [2.75, 3.05) is 20.3 Å². The average Bonchev–Trinajstić information content (AvgIpc) is 2.88. The van der Waals surface area contributed by atoms with E-state index in [4.69, 9.17) is 15.3 Å². The van der Waals surface area contributed by atoms with E-state index in [1.54, 1.807) is 0 Å². The lowest BCUT2D eigenvalue weighted by Crippen LogP contribution is -2.23. The summed E-state index contributed by atoms with van der Waals surface area (Å²) in [4.78, 5) is 4.63. The van der Waals surface area contributed by atoms with Crippen molar-refractivity contribution in [1.29, 1.82) is 5.26 Å². The molecule has 0 unspecified atom stereocenters. The number of unbranched alkanes of at least 4 members (excludes halogenated alkanes) is 7. The lowest BCUT2D eigenvalue weighted by molar-refractivity contribution is 0.290. The predicted octanol–water partition coefficient (Wildman–Crippen LogP) is 2.33. The maximum Gasteiger partial charge on any atom is 0.573 e. The van der Waals surface area contributed by atoms with Crippen LogP contribution in [-0.4, -0.2) is 47.2 Å². The second kappa shape index (κ2) is 13.8. The number of rotatable bonds is 9. The van der Waals surface area contributed by atoms with Gasteiger partial charge in [-0.2, -0.15) is 0 Å². The monoisotopic (exact) mass is 295 g/mol. The Bertz CT molecular complexity index is 306. The van der Waals surface area contributed by atoms with Gasteiger partial charge in [-0.05, 0) is 6.42 Å². The van der Waals surface area contributed by atoms with Gasteiger partial charge in [0.2, 0.25) is 0 Å². The van der Waals surface area contributed by atoms with Crippen LogP contribution in [0.15, 0.2) is 12.4 Å². The molecule has 0 atom stereocenters. The van der Waals surface area contributed by atoms with Gasteiger partial charge >= 0.3 is 7.12 Å². The summed E-state index contributed by atoms with van der Waals surface area (Å²) >= 11 is 0. The maximum atomic E-state index is 7.56. The molecular formula is C15H30BN3O2. The van der Waals surface area contributed by atoms with Gasteiger partial charge in [-0.25, -0.2) is 5.26 Å².